The highest BCUT2D eigenvalue weighted by atomic mass is 127. The summed E-state index contributed by atoms with van der Waals surface area (Å²) in [6.45, 7) is 5.39. The van der Waals surface area contributed by atoms with Crippen molar-refractivity contribution in [3.63, 3.8) is 0 Å². The topological polar surface area (TPSA) is 62.5 Å². The van der Waals surface area contributed by atoms with E-state index in [0.717, 1.165) is 27.7 Å². The van der Waals surface area contributed by atoms with E-state index < -0.39 is 0 Å². The first-order valence-electron chi connectivity index (χ1n) is 7.50. The number of aromatic nitrogens is 1. The molecule has 3 aromatic rings. The van der Waals surface area contributed by atoms with Gasteiger partial charge in [-0.15, -0.1) is 35.3 Å². The summed E-state index contributed by atoms with van der Waals surface area (Å²) in [4.78, 5) is 9.79. The van der Waals surface area contributed by atoms with Crippen LogP contribution < -0.4 is 10.6 Å². The molecular formula is C17H21IN4OS. The molecule has 7 heteroatoms. The average Bonchev–Trinajstić information content (AvgIpc) is 3.12. The van der Waals surface area contributed by atoms with Gasteiger partial charge >= 0.3 is 0 Å². The molecule has 0 saturated carbocycles. The molecule has 0 radical (unpaired) electrons. The number of fused-ring (bicyclic) bond motifs is 1. The van der Waals surface area contributed by atoms with Gasteiger partial charge in [-0.2, -0.15) is 0 Å². The Labute approximate surface area is 162 Å². The Morgan fingerprint density at radius 2 is 1.96 bits per heavy atom. The van der Waals surface area contributed by atoms with Gasteiger partial charge in [-0.3, -0.25) is 4.99 Å². The van der Waals surface area contributed by atoms with Gasteiger partial charge in [0, 0.05) is 29.1 Å². The maximum absolute atomic E-state index is 5.90. The predicted octanol–water partition coefficient (Wildman–Crippen LogP) is 3.99. The quantitative estimate of drug-likeness (QED) is 0.354. The van der Waals surface area contributed by atoms with Crippen molar-refractivity contribution in [3.8, 4) is 0 Å². The Morgan fingerprint density at radius 1 is 1.21 bits per heavy atom. The number of benzene rings is 1. The smallest absolute Gasteiger partial charge is 0.191 e. The second kappa shape index (κ2) is 8.48. The van der Waals surface area contributed by atoms with Gasteiger partial charge in [0.15, 0.2) is 5.96 Å². The monoisotopic (exact) mass is 456 g/mol. The van der Waals surface area contributed by atoms with Crippen LogP contribution in [-0.4, -0.2) is 18.0 Å². The third kappa shape index (κ3) is 4.27. The van der Waals surface area contributed by atoms with E-state index in [-0.39, 0.29) is 24.0 Å². The Hall–Kier alpha value is -1.61. The molecule has 128 valence electrons. The first-order valence-corrected chi connectivity index (χ1v) is 8.32. The average molecular weight is 456 g/mol. The molecule has 0 aliphatic heterocycles. The van der Waals surface area contributed by atoms with E-state index in [9.17, 15) is 0 Å². The minimum atomic E-state index is 0. The fraction of sp³-hybridized carbons (Fsp3) is 0.294. The molecule has 0 aliphatic carbocycles. The molecule has 5 nitrogen and oxygen atoms in total. The zero-order valence-electron chi connectivity index (χ0n) is 13.9. The third-order valence-electron chi connectivity index (χ3n) is 3.66. The van der Waals surface area contributed by atoms with Crippen LogP contribution in [0.15, 0.2) is 39.9 Å². The molecule has 2 aromatic heterocycles. The lowest BCUT2D eigenvalue weighted by Gasteiger charge is -2.10. The lowest BCUT2D eigenvalue weighted by atomic mass is 10.1. The predicted molar refractivity (Wildman–Crippen MR) is 110 cm³/mol. The summed E-state index contributed by atoms with van der Waals surface area (Å²) in [6.07, 6.45) is 1.88. The standard InChI is InChI=1S/C17H20N4OS.HI/c1-11-8-19-16(23-11)10-21-17(18-3)20-9-15-12(2)13-6-4-5-7-14(13)22-15;/h4-8H,9-10H2,1-3H3,(H2,18,20,21);1H. The molecule has 0 bridgehead atoms. The number of rotatable bonds is 4. The number of hydrogen-bond donors (Lipinski definition) is 2. The fourth-order valence-corrected chi connectivity index (χ4v) is 3.15. The summed E-state index contributed by atoms with van der Waals surface area (Å²) in [5.41, 5.74) is 2.09. The van der Waals surface area contributed by atoms with Crippen LogP contribution in [0.3, 0.4) is 0 Å². The summed E-state index contributed by atoms with van der Waals surface area (Å²) in [7, 11) is 1.76. The van der Waals surface area contributed by atoms with Gasteiger partial charge in [-0.1, -0.05) is 18.2 Å². The third-order valence-corrected chi connectivity index (χ3v) is 4.57. The number of aryl methyl sites for hydroxylation is 2. The van der Waals surface area contributed by atoms with Crippen molar-refractivity contribution in [1.82, 2.24) is 15.6 Å². The first-order chi connectivity index (χ1) is 11.2. The number of nitrogens with one attached hydrogen (secondary N) is 2. The van der Waals surface area contributed by atoms with Crippen molar-refractivity contribution >= 4 is 52.2 Å². The zero-order chi connectivity index (χ0) is 16.2. The summed E-state index contributed by atoms with van der Waals surface area (Å²) >= 11 is 1.69. The van der Waals surface area contributed by atoms with Crippen LogP contribution in [0.4, 0.5) is 0 Å². The zero-order valence-corrected chi connectivity index (χ0v) is 17.1. The Morgan fingerprint density at radius 3 is 2.62 bits per heavy atom. The summed E-state index contributed by atoms with van der Waals surface area (Å²) in [5, 5.41) is 8.76. The maximum Gasteiger partial charge on any atom is 0.191 e. The van der Waals surface area contributed by atoms with Crippen LogP contribution in [0.1, 0.15) is 21.2 Å². The second-order valence-corrected chi connectivity index (χ2v) is 6.61. The van der Waals surface area contributed by atoms with Crippen molar-refractivity contribution in [2.24, 2.45) is 4.99 Å². The first kappa shape index (κ1) is 18.7. The van der Waals surface area contributed by atoms with E-state index in [1.54, 1.807) is 18.4 Å². The molecule has 0 spiro atoms. The molecule has 0 atom stereocenters. The van der Waals surface area contributed by atoms with E-state index in [1.165, 1.54) is 10.4 Å². The summed E-state index contributed by atoms with van der Waals surface area (Å²) in [6, 6.07) is 8.08. The molecule has 24 heavy (non-hydrogen) atoms. The molecule has 2 heterocycles. The van der Waals surface area contributed by atoms with Crippen molar-refractivity contribution in [3.05, 3.63) is 51.7 Å². The summed E-state index contributed by atoms with van der Waals surface area (Å²) < 4.78 is 5.90. The Balaban J connectivity index is 0.00000208. The van der Waals surface area contributed by atoms with E-state index in [4.69, 9.17) is 4.42 Å². The molecule has 2 N–H and O–H groups in total. The second-order valence-electron chi connectivity index (χ2n) is 5.29. The number of thiazole rings is 1. The number of halogens is 1. The van der Waals surface area contributed by atoms with Crippen LogP contribution in [0.5, 0.6) is 0 Å². The van der Waals surface area contributed by atoms with Crippen LogP contribution in [-0.2, 0) is 13.1 Å². The van der Waals surface area contributed by atoms with Crippen LogP contribution >= 0.6 is 35.3 Å². The molecule has 0 aliphatic rings. The van der Waals surface area contributed by atoms with Crippen LogP contribution in [0, 0.1) is 13.8 Å². The van der Waals surface area contributed by atoms with Gasteiger partial charge in [0.2, 0.25) is 0 Å². The van der Waals surface area contributed by atoms with E-state index in [0.29, 0.717) is 13.1 Å². The molecule has 0 saturated heterocycles. The normalized spacial score (nSPS) is 11.4. The maximum atomic E-state index is 5.90. The van der Waals surface area contributed by atoms with Gasteiger partial charge in [0.05, 0.1) is 13.1 Å². The largest absolute Gasteiger partial charge is 0.459 e. The van der Waals surface area contributed by atoms with E-state index in [1.807, 2.05) is 24.4 Å². The molecule has 0 unspecified atom stereocenters. The van der Waals surface area contributed by atoms with Crippen LogP contribution in [0.25, 0.3) is 11.0 Å². The van der Waals surface area contributed by atoms with E-state index >= 15 is 0 Å². The van der Waals surface area contributed by atoms with Gasteiger partial charge in [-0.25, -0.2) is 4.98 Å². The SMILES string of the molecule is CN=C(NCc1ncc(C)s1)NCc1oc2ccccc2c1C.I. The van der Waals surface area contributed by atoms with Gasteiger partial charge in [0.25, 0.3) is 0 Å². The fourth-order valence-electron chi connectivity index (χ4n) is 2.42. The minimum absolute atomic E-state index is 0. The number of aliphatic imine (C=N–C) groups is 1. The van der Waals surface area contributed by atoms with Crippen molar-refractivity contribution in [2.75, 3.05) is 7.05 Å². The van der Waals surface area contributed by atoms with Crippen molar-refractivity contribution in [2.45, 2.75) is 26.9 Å². The highest BCUT2D eigenvalue weighted by Crippen LogP contribution is 2.24. The number of guanidine groups is 1. The molecular weight excluding hydrogens is 435 g/mol. The van der Waals surface area contributed by atoms with Gasteiger partial charge in [0.1, 0.15) is 16.4 Å². The van der Waals surface area contributed by atoms with Gasteiger partial charge in [-0.05, 0) is 19.9 Å². The number of hydrogen-bond acceptors (Lipinski definition) is 4. The molecule has 1 aromatic carbocycles. The van der Waals surface area contributed by atoms with Crippen molar-refractivity contribution < 1.29 is 4.42 Å². The summed E-state index contributed by atoms with van der Waals surface area (Å²) in [5.74, 6) is 1.66. The molecule has 0 fully saturated rings. The number of nitrogens with zero attached hydrogens (tertiary/aromatic N) is 2. The van der Waals surface area contributed by atoms with Crippen molar-refractivity contribution in [1.29, 1.82) is 0 Å². The van der Waals surface area contributed by atoms with Crippen LogP contribution in [0.2, 0.25) is 0 Å². The van der Waals surface area contributed by atoms with E-state index in [2.05, 4.69) is 40.5 Å². The number of furan rings is 1. The molecule has 0 amide bonds. The molecule has 3 rings (SSSR count). The van der Waals surface area contributed by atoms with Gasteiger partial charge < -0.3 is 15.1 Å². The highest BCUT2D eigenvalue weighted by molar-refractivity contribution is 14.0. The lowest BCUT2D eigenvalue weighted by molar-refractivity contribution is 0.534. The lowest BCUT2D eigenvalue weighted by Crippen LogP contribution is -2.36. The minimum Gasteiger partial charge on any atom is -0.459 e. The Kier molecular flexibility index (Phi) is 6.61. The highest BCUT2D eigenvalue weighted by Gasteiger charge is 2.10. The number of para-hydroxylation sites is 1. The Bertz CT molecular complexity index is 840.